The molecule has 4 heteroatoms. The van der Waals surface area contributed by atoms with Gasteiger partial charge in [-0.3, -0.25) is 0 Å². The van der Waals surface area contributed by atoms with Crippen molar-refractivity contribution in [2.75, 3.05) is 28.4 Å². The first-order valence-corrected chi connectivity index (χ1v) is 5.73. The van der Waals surface area contributed by atoms with E-state index in [-0.39, 0.29) is 12.6 Å². The Morgan fingerprint density at radius 1 is 0.667 bits per heavy atom. The van der Waals surface area contributed by atoms with Crippen molar-refractivity contribution in [3.63, 3.8) is 0 Å². The Kier molecular flexibility index (Phi) is 9.50. The molecule has 18 heavy (non-hydrogen) atoms. The maximum atomic E-state index is 5.13. The summed E-state index contributed by atoms with van der Waals surface area (Å²) in [5, 5.41) is 0. The van der Waals surface area contributed by atoms with Gasteiger partial charge >= 0.3 is 0 Å². The second-order valence-electron chi connectivity index (χ2n) is 3.81. The van der Waals surface area contributed by atoms with E-state index < -0.39 is 0 Å². The van der Waals surface area contributed by atoms with Gasteiger partial charge in [0.25, 0.3) is 0 Å². The van der Waals surface area contributed by atoms with Gasteiger partial charge in [-0.05, 0) is 25.0 Å². The highest BCUT2D eigenvalue weighted by atomic mass is 16.7. The molecule has 0 rings (SSSR count). The fourth-order valence-electron chi connectivity index (χ4n) is 1.51. The minimum absolute atomic E-state index is 0.301. The third-order valence-corrected chi connectivity index (χ3v) is 2.43. The standard InChI is InChI=1S/C14H24O4/c1-11(13(15-3)16-4)9-7-8-10-12(2)14(17-5)18-6/h7-10,13-14H,1-6H3/b8-7+,11-9+,12-10+. The molecule has 0 aliphatic heterocycles. The smallest absolute Gasteiger partial charge is 0.179 e. The summed E-state index contributed by atoms with van der Waals surface area (Å²) in [6.07, 6.45) is 7.13. The number of allylic oxidation sites excluding steroid dienone is 4. The average Bonchev–Trinajstić information content (AvgIpc) is 2.37. The van der Waals surface area contributed by atoms with Gasteiger partial charge in [-0.1, -0.05) is 24.3 Å². The normalized spacial score (nSPS) is 14.2. The molecule has 0 radical (unpaired) electrons. The topological polar surface area (TPSA) is 36.9 Å². The van der Waals surface area contributed by atoms with Crippen molar-refractivity contribution in [2.45, 2.75) is 26.4 Å². The van der Waals surface area contributed by atoms with E-state index in [9.17, 15) is 0 Å². The summed E-state index contributed by atoms with van der Waals surface area (Å²) in [7, 11) is 6.45. The summed E-state index contributed by atoms with van der Waals surface area (Å²) in [4.78, 5) is 0. The minimum atomic E-state index is -0.301. The van der Waals surface area contributed by atoms with Crippen LogP contribution in [0.25, 0.3) is 0 Å². The summed E-state index contributed by atoms with van der Waals surface area (Å²) < 4.78 is 20.5. The second kappa shape index (κ2) is 10.0. The molecule has 0 aromatic carbocycles. The first-order chi connectivity index (χ1) is 8.60. The van der Waals surface area contributed by atoms with Crippen molar-refractivity contribution in [2.24, 2.45) is 0 Å². The molecule has 0 aliphatic carbocycles. The van der Waals surface area contributed by atoms with Crippen molar-refractivity contribution >= 4 is 0 Å². The molecule has 0 unspecified atom stereocenters. The summed E-state index contributed by atoms with van der Waals surface area (Å²) in [5.74, 6) is 0. The average molecular weight is 256 g/mol. The molecule has 0 bridgehead atoms. The largest absolute Gasteiger partial charge is 0.352 e. The molecule has 104 valence electrons. The van der Waals surface area contributed by atoms with Crippen LogP contribution in [0.3, 0.4) is 0 Å². The maximum absolute atomic E-state index is 5.13. The Morgan fingerprint density at radius 3 is 1.17 bits per heavy atom. The van der Waals surface area contributed by atoms with Crippen molar-refractivity contribution < 1.29 is 18.9 Å². The molecule has 0 aliphatic rings. The highest BCUT2D eigenvalue weighted by Crippen LogP contribution is 2.08. The van der Waals surface area contributed by atoms with Gasteiger partial charge in [0, 0.05) is 28.4 Å². The third kappa shape index (κ3) is 6.12. The first kappa shape index (κ1) is 17.1. The van der Waals surface area contributed by atoms with Crippen LogP contribution in [0.4, 0.5) is 0 Å². The molecule has 0 heterocycles. The lowest BCUT2D eigenvalue weighted by atomic mass is 10.2. The molecule has 0 aromatic rings. The predicted octanol–water partition coefficient (Wildman–Crippen LogP) is 2.67. The molecular weight excluding hydrogens is 232 g/mol. The SMILES string of the molecule is COC(OC)/C(C)=C/C=C/C=C(\C)C(OC)OC. The van der Waals surface area contributed by atoms with Crippen LogP contribution in [-0.4, -0.2) is 41.0 Å². The van der Waals surface area contributed by atoms with Crippen LogP contribution in [0.15, 0.2) is 35.5 Å². The van der Waals surface area contributed by atoms with Crippen LogP contribution < -0.4 is 0 Å². The van der Waals surface area contributed by atoms with Gasteiger partial charge in [-0.25, -0.2) is 0 Å². The molecule has 0 atom stereocenters. The van der Waals surface area contributed by atoms with Gasteiger partial charge in [0.05, 0.1) is 0 Å². The molecule has 0 saturated heterocycles. The molecule has 0 fully saturated rings. The zero-order chi connectivity index (χ0) is 14.0. The van der Waals surface area contributed by atoms with Gasteiger partial charge in [0.15, 0.2) is 12.6 Å². The quantitative estimate of drug-likeness (QED) is 0.494. The number of hydrogen-bond donors (Lipinski definition) is 0. The van der Waals surface area contributed by atoms with Crippen LogP contribution in [0, 0.1) is 0 Å². The lowest BCUT2D eigenvalue weighted by molar-refractivity contribution is -0.0748. The maximum Gasteiger partial charge on any atom is 0.179 e. The third-order valence-electron chi connectivity index (χ3n) is 2.43. The van der Waals surface area contributed by atoms with Crippen LogP contribution in [0.1, 0.15) is 13.8 Å². The summed E-state index contributed by atoms with van der Waals surface area (Å²) in [6.45, 7) is 3.90. The van der Waals surface area contributed by atoms with E-state index in [1.54, 1.807) is 28.4 Å². The van der Waals surface area contributed by atoms with Gasteiger partial charge in [-0.15, -0.1) is 0 Å². The van der Waals surface area contributed by atoms with E-state index in [4.69, 9.17) is 18.9 Å². The molecule has 0 saturated carbocycles. The van der Waals surface area contributed by atoms with Crippen LogP contribution in [0.5, 0.6) is 0 Å². The number of hydrogen-bond acceptors (Lipinski definition) is 4. The fraction of sp³-hybridized carbons (Fsp3) is 0.571. The Balaban J connectivity index is 4.48. The zero-order valence-electron chi connectivity index (χ0n) is 12.1. The highest BCUT2D eigenvalue weighted by molar-refractivity contribution is 5.20. The van der Waals surface area contributed by atoms with E-state index in [2.05, 4.69) is 0 Å². The predicted molar refractivity (Wildman–Crippen MR) is 72.3 cm³/mol. The second-order valence-corrected chi connectivity index (χ2v) is 3.81. The van der Waals surface area contributed by atoms with Gasteiger partial charge in [0.1, 0.15) is 0 Å². The number of ether oxygens (including phenoxy) is 4. The molecule has 0 aromatic heterocycles. The van der Waals surface area contributed by atoms with E-state index in [0.29, 0.717) is 0 Å². The van der Waals surface area contributed by atoms with Crippen molar-refractivity contribution in [3.05, 3.63) is 35.5 Å². The summed E-state index contributed by atoms with van der Waals surface area (Å²) in [5.41, 5.74) is 2.00. The summed E-state index contributed by atoms with van der Waals surface area (Å²) >= 11 is 0. The number of rotatable bonds is 8. The first-order valence-electron chi connectivity index (χ1n) is 5.73. The molecule has 0 spiro atoms. The summed E-state index contributed by atoms with van der Waals surface area (Å²) in [6, 6.07) is 0. The fourth-order valence-corrected chi connectivity index (χ4v) is 1.51. The van der Waals surface area contributed by atoms with Gasteiger partial charge in [0.2, 0.25) is 0 Å². The molecular formula is C14H24O4. The molecule has 4 nitrogen and oxygen atoms in total. The Bertz CT molecular complexity index is 267. The minimum Gasteiger partial charge on any atom is -0.352 e. The monoisotopic (exact) mass is 256 g/mol. The number of methoxy groups -OCH3 is 4. The Hall–Kier alpha value is -0.940. The van der Waals surface area contributed by atoms with E-state index in [0.717, 1.165) is 11.1 Å². The van der Waals surface area contributed by atoms with Crippen LogP contribution in [0.2, 0.25) is 0 Å². The van der Waals surface area contributed by atoms with Crippen molar-refractivity contribution in [1.29, 1.82) is 0 Å². The Morgan fingerprint density at radius 2 is 0.944 bits per heavy atom. The Labute approximate surface area is 110 Å². The van der Waals surface area contributed by atoms with Crippen LogP contribution >= 0.6 is 0 Å². The van der Waals surface area contributed by atoms with Gasteiger partial charge < -0.3 is 18.9 Å². The van der Waals surface area contributed by atoms with E-state index in [1.165, 1.54) is 0 Å². The zero-order valence-corrected chi connectivity index (χ0v) is 12.1. The lowest BCUT2D eigenvalue weighted by Crippen LogP contribution is -2.14. The van der Waals surface area contributed by atoms with Crippen LogP contribution in [-0.2, 0) is 18.9 Å². The van der Waals surface area contributed by atoms with Gasteiger partial charge in [-0.2, -0.15) is 0 Å². The highest BCUT2D eigenvalue weighted by Gasteiger charge is 2.06. The molecule has 0 amide bonds. The van der Waals surface area contributed by atoms with Crippen molar-refractivity contribution in [1.82, 2.24) is 0 Å². The van der Waals surface area contributed by atoms with Crippen molar-refractivity contribution in [3.8, 4) is 0 Å². The molecule has 0 N–H and O–H groups in total. The van der Waals surface area contributed by atoms with E-state index in [1.807, 2.05) is 38.2 Å². The van der Waals surface area contributed by atoms with E-state index >= 15 is 0 Å². The lowest BCUT2D eigenvalue weighted by Gasteiger charge is -2.13.